The fourth-order valence-electron chi connectivity index (χ4n) is 1.30. The number of benzene rings is 1. The Morgan fingerprint density at radius 2 is 2.24 bits per heavy atom. The molecule has 0 radical (unpaired) electrons. The van der Waals surface area contributed by atoms with Crippen LogP contribution < -0.4 is 5.32 Å². The van der Waals surface area contributed by atoms with Gasteiger partial charge in [-0.3, -0.25) is 0 Å². The number of rotatable bonds is 4. The van der Waals surface area contributed by atoms with Crippen LogP contribution in [0.1, 0.15) is 12.8 Å². The van der Waals surface area contributed by atoms with E-state index in [1.165, 1.54) is 6.07 Å². The number of hydrogen-bond donors (Lipinski definition) is 1. The van der Waals surface area contributed by atoms with Gasteiger partial charge in [-0.25, -0.2) is 4.39 Å². The van der Waals surface area contributed by atoms with Crippen LogP contribution in [0.2, 0.25) is 0 Å². The van der Waals surface area contributed by atoms with Gasteiger partial charge in [0.15, 0.2) is 0 Å². The highest BCUT2D eigenvalue weighted by Crippen LogP contribution is 2.24. The van der Waals surface area contributed by atoms with Crippen molar-refractivity contribution in [1.29, 1.82) is 0 Å². The lowest BCUT2D eigenvalue weighted by Crippen LogP contribution is -2.11. The molecule has 0 fully saturated rings. The molecule has 1 N–H and O–H groups in total. The van der Waals surface area contributed by atoms with E-state index in [9.17, 15) is 4.39 Å². The van der Waals surface area contributed by atoms with E-state index in [0.717, 1.165) is 6.54 Å². The van der Waals surface area contributed by atoms with E-state index < -0.39 is 0 Å². The molecule has 0 aliphatic carbocycles. The van der Waals surface area contributed by atoms with Crippen molar-refractivity contribution in [2.24, 2.45) is 0 Å². The van der Waals surface area contributed by atoms with Crippen LogP contribution in [0.5, 0.6) is 0 Å². The molecule has 4 nitrogen and oxygen atoms in total. The Morgan fingerprint density at radius 1 is 1.41 bits per heavy atom. The summed E-state index contributed by atoms with van der Waals surface area (Å²) >= 11 is 3.11. The molecule has 17 heavy (non-hydrogen) atoms. The first-order chi connectivity index (χ1) is 8.20. The molecule has 0 atom stereocenters. The summed E-state index contributed by atoms with van der Waals surface area (Å²) in [5, 5.41) is 10.9. The van der Waals surface area contributed by atoms with E-state index in [2.05, 4.69) is 31.4 Å². The second-order valence-electron chi connectivity index (χ2n) is 3.41. The van der Waals surface area contributed by atoms with Gasteiger partial charge < -0.3 is 9.73 Å². The maximum atomic E-state index is 13.1. The van der Waals surface area contributed by atoms with E-state index in [1.807, 2.05) is 6.92 Å². The van der Waals surface area contributed by atoms with Gasteiger partial charge in [-0.05, 0) is 40.7 Å². The quantitative estimate of drug-likeness (QED) is 0.943. The average Bonchev–Trinajstić information content (AvgIpc) is 2.79. The average molecular weight is 300 g/mol. The third kappa shape index (κ3) is 2.89. The summed E-state index contributed by atoms with van der Waals surface area (Å²) in [5.41, 5.74) is 0.688. The van der Waals surface area contributed by atoms with E-state index in [0.29, 0.717) is 28.4 Å². The predicted molar refractivity (Wildman–Crippen MR) is 64.8 cm³/mol. The van der Waals surface area contributed by atoms with Crippen molar-refractivity contribution in [2.75, 3.05) is 6.54 Å². The Hall–Kier alpha value is -1.27. The van der Waals surface area contributed by atoms with Crippen LogP contribution in [0, 0.1) is 5.82 Å². The first kappa shape index (κ1) is 12.2. The van der Waals surface area contributed by atoms with Crippen molar-refractivity contribution < 1.29 is 8.81 Å². The Balaban J connectivity index is 2.21. The van der Waals surface area contributed by atoms with Gasteiger partial charge in [-0.15, -0.1) is 10.2 Å². The number of nitrogens with zero attached hydrogens (tertiary/aromatic N) is 2. The van der Waals surface area contributed by atoms with Gasteiger partial charge in [0.1, 0.15) is 5.82 Å². The zero-order valence-electron chi connectivity index (χ0n) is 9.20. The topological polar surface area (TPSA) is 51.0 Å². The number of nitrogens with one attached hydrogen (secondary N) is 1. The van der Waals surface area contributed by atoms with Gasteiger partial charge in [-0.1, -0.05) is 6.92 Å². The molecule has 0 aliphatic heterocycles. The van der Waals surface area contributed by atoms with Crippen molar-refractivity contribution in [3.05, 3.63) is 34.4 Å². The van der Waals surface area contributed by atoms with E-state index >= 15 is 0 Å². The fraction of sp³-hybridized carbons (Fsp3) is 0.273. The maximum Gasteiger partial charge on any atom is 0.247 e. The summed E-state index contributed by atoms with van der Waals surface area (Å²) in [6.45, 7) is 3.36. The molecule has 0 spiro atoms. The number of aromatic nitrogens is 2. The standard InChI is InChI=1S/C11H11BrFN3O/c1-2-14-6-10-15-16-11(17-10)7-3-4-9(13)8(12)5-7/h3-5,14H,2,6H2,1H3. The lowest BCUT2D eigenvalue weighted by atomic mass is 10.2. The van der Waals surface area contributed by atoms with Gasteiger partial charge in [0.2, 0.25) is 11.8 Å². The molecule has 1 aromatic carbocycles. The SMILES string of the molecule is CCNCc1nnc(-c2ccc(F)c(Br)c2)o1. The van der Waals surface area contributed by atoms with Crippen LogP contribution in [0.3, 0.4) is 0 Å². The van der Waals surface area contributed by atoms with Gasteiger partial charge >= 0.3 is 0 Å². The highest BCUT2D eigenvalue weighted by molar-refractivity contribution is 9.10. The molecule has 0 saturated carbocycles. The van der Waals surface area contributed by atoms with Crippen molar-refractivity contribution in [3.63, 3.8) is 0 Å². The maximum absolute atomic E-state index is 13.1. The number of halogens is 2. The van der Waals surface area contributed by atoms with E-state index in [-0.39, 0.29) is 5.82 Å². The van der Waals surface area contributed by atoms with Gasteiger partial charge in [0.05, 0.1) is 11.0 Å². The van der Waals surface area contributed by atoms with Crippen LogP contribution >= 0.6 is 15.9 Å². The zero-order valence-corrected chi connectivity index (χ0v) is 10.8. The normalized spacial score (nSPS) is 10.8. The monoisotopic (exact) mass is 299 g/mol. The molecule has 0 saturated heterocycles. The molecule has 0 bridgehead atoms. The van der Waals surface area contributed by atoms with Gasteiger partial charge in [-0.2, -0.15) is 0 Å². The largest absolute Gasteiger partial charge is 0.419 e. The van der Waals surface area contributed by atoms with E-state index in [4.69, 9.17) is 4.42 Å². The lowest BCUT2D eigenvalue weighted by Gasteiger charge is -1.97. The van der Waals surface area contributed by atoms with Crippen LogP contribution in [-0.4, -0.2) is 16.7 Å². The van der Waals surface area contributed by atoms with Crippen LogP contribution in [-0.2, 0) is 6.54 Å². The Kier molecular flexibility index (Phi) is 3.86. The lowest BCUT2D eigenvalue weighted by molar-refractivity contribution is 0.482. The fourth-order valence-corrected chi connectivity index (χ4v) is 1.68. The Bertz CT molecular complexity index is 515. The summed E-state index contributed by atoms with van der Waals surface area (Å²) < 4.78 is 18.9. The number of hydrogen-bond acceptors (Lipinski definition) is 4. The Morgan fingerprint density at radius 3 is 2.94 bits per heavy atom. The third-order valence-electron chi connectivity index (χ3n) is 2.16. The molecule has 0 amide bonds. The van der Waals surface area contributed by atoms with Gasteiger partial charge in [0.25, 0.3) is 0 Å². The Labute approximate surface area is 106 Å². The summed E-state index contributed by atoms with van der Waals surface area (Å²) in [4.78, 5) is 0. The second-order valence-corrected chi connectivity index (χ2v) is 4.26. The van der Waals surface area contributed by atoms with Crippen molar-refractivity contribution in [1.82, 2.24) is 15.5 Å². The molecule has 0 unspecified atom stereocenters. The minimum Gasteiger partial charge on any atom is -0.419 e. The third-order valence-corrected chi connectivity index (χ3v) is 2.77. The van der Waals surface area contributed by atoms with Crippen LogP contribution in [0.25, 0.3) is 11.5 Å². The highest BCUT2D eigenvalue weighted by atomic mass is 79.9. The first-order valence-electron chi connectivity index (χ1n) is 5.19. The zero-order chi connectivity index (χ0) is 12.3. The molecule has 2 aromatic rings. The summed E-state index contributed by atoms with van der Waals surface area (Å²) in [5.74, 6) is 0.585. The smallest absolute Gasteiger partial charge is 0.247 e. The minimum atomic E-state index is -0.318. The molecule has 90 valence electrons. The molecule has 2 rings (SSSR count). The summed E-state index contributed by atoms with van der Waals surface area (Å²) in [7, 11) is 0. The van der Waals surface area contributed by atoms with Crippen LogP contribution in [0.4, 0.5) is 4.39 Å². The molecule has 1 heterocycles. The predicted octanol–water partition coefficient (Wildman–Crippen LogP) is 2.75. The van der Waals surface area contributed by atoms with Crippen LogP contribution in [0.15, 0.2) is 27.1 Å². The summed E-state index contributed by atoms with van der Waals surface area (Å²) in [6.07, 6.45) is 0. The first-order valence-corrected chi connectivity index (χ1v) is 5.98. The van der Waals surface area contributed by atoms with Crippen molar-refractivity contribution >= 4 is 15.9 Å². The summed E-state index contributed by atoms with van der Waals surface area (Å²) in [6, 6.07) is 4.57. The van der Waals surface area contributed by atoms with Gasteiger partial charge in [0, 0.05) is 5.56 Å². The second kappa shape index (κ2) is 5.37. The highest BCUT2D eigenvalue weighted by Gasteiger charge is 2.09. The molecule has 0 aliphatic rings. The minimum absolute atomic E-state index is 0.318. The molecule has 6 heteroatoms. The molecular weight excluding hydrogens is 289 g/mol. The molecular formula is C11H11BrFN3O. The molecule has 1 aromatic heterocycles. The van der Waals surface area contributed by atoms with E-state index in [1.54, 1.807) is 12.1 Å². The van der Waals surface area contributed by atoms with Crippen molar-refractivity contribution in [3.8, 4) is 11.5 Å². The van der Waals surface area contributed by atoms with Crippen molar-refractivity contribution in [2.45, 2.75) is 13.5 Å².